The molecule has 4 aromatic carbocycles. The van der Waals surface area contributed by atoms with E-state index in [0.29, 0.717) is 12.3 Å². The van der Waals surface area contributed by atoms with Gasteiger partial charge in [0.1, 0.15) is 11.6 Å². The number of carbonyl (C=O) groups excluding carboxylic acids is 1. The summed E-state index contributed by atoms with van der Waals surface area (Å²) >= 11 is 0. The van der Waals surface area contributed by atoms with Gasteiger partial charge in [0.05, 0.1) is 0 Å². The number of carbonyl (C=O) groups is 1. The number of piperazine rings is 1. The lowest BCUT2D eigenvalue weighted by Crippen LogP contribution is -2.58. The molecule has 1 fully saturated rings. The topological polar surface area (TPSA) is 44.8 Å². The van der Waals surface area contributed by atoms with E-state index >= 15 is 0 Å². The van der Waals surface area contributed by atoms with E-state index in [0.717, 1.165) is 30.0 Å². The van der Waals surface area contributed by atoms with Crippen molar-refractivity contribution in [3.05, 3.63) is 102 Å². The molecule has 5 nitrogen and oxygen atoms in total. The second-order valence-electron chi connectivity index (χ2n) is 9.80. The van der Waals surface area contributed by atoms with Crippen LogP contribution in [-0.4, -0.2) is 47.5 Å². The molecule has 6 heteroatoms. The van der Waals surface area contributed by atoms with Crippen LogP contribution in [0.5, 0.6) is 5.75 Å². The van der Waals surface area contributed by atoms with E-state index in [-0.39, 0.29) is 30.4 Å². The van der Waals surface area contributed by atoms with Gasteiger partial charge in [-0.05, 0) is 78.7 Å². The number of anilines is 2. The summed E-state index contributed by atoms with van der Waals surface area (Å²) in [6, 6.07) is 29.1. The number of nitrogens with one attached hydrogen (secondary N) is 1. The first-order valence-corrected chi connectivity index (χ1v) is 12.7. The van der Waals surface area contributed by atoms with Crippen molar-refractivity contribution in [3.8, 4) is 5.75 Å². The Morgan fingerprint density at radius 2 is 1.57 bits per heavy atom. The number of rotatable bonds is 7. The summed E-state index contributed by atoms with van der Waals surface area (Å²) in [6.45, 7) is 6.33. The molecule has 1 heterocycles. The van der Waals surface area contributed by atoms with Gasteiger partial charge in [0.2, 0.25) is 0 Å². The van der Waals surface area contributed by atoms with E-state index in [9.17, 15) is 9.18 Å². The van der Waals surface area contributed by atoms with E-state index < -0.39 is 0 Å². The molecule has 1 N–H and O–H groups in total. The molecule has 0 bridgehead atoms. The minimum Gasteiger partial charge on any atom is -0.484 e. The van der Waals surface area contributed by atoms with Gasteiger partial charge in [-0.1, -0.05) is 42.5 Å². The van der Waals surface area contributed by atoms with Crippen molar-refractivity contribution in [1.82, 2.24) is 9.80 Å². The van der Waals surface area contributed by atoms with E-state index in [1.165, 1.54) is 22.9 Å². The molecule has 0 radical (unpaired) electrons. The van der Waals surface area contributed by atoms with Crippen molar-refractivity contribution in [3.63, 3.8) is 0 Å². The van der Waals surface area contributed by atoms with Crippen molar-refractivity contribution in [2.24, 2.45) is 0 Å². The van der Waals surface area contributed by atoms with Crippen LogP contribution in [0.4, 0.5) is 15.8 Å². The number of fused-ring (bicyclic) bond motifs is 1. The number of nitrogens with zero attached hydrogens (tertiary/aromatic N) is 2. The molecule has 1 amide bonds. The van der Waals surface area contributed by atoms with Crippen LogP contribution in [0.3, 0.4) is 0 Å². The highest BCUT2D eigenvalue weighted by Gasteiger charge is 2.32. The Hall–Kier alpha value is -3.90. The van der Waals surface area contributed by atoms with Gasteiger partial charge in [0.25, 0.3) is 5.91 Å². The molecule has 2 atom stereocenters. The maximum Gasteiger partial charge on any atom is 0.260 e. The smallest absolute Gasteiger partial charge is 0.260 e. The third-order valence-electron chi connectivity index (χ3n) is 6.99. The molecular weight excluding hydrogens is 465 g/mol. The fourth-order valence-corrected chi connectivity index (χ4v) is 4.89. The van der Waals surface area contributed by atoms with Gasteiger partial charge in [-0.25, -0.2) is 4.39 Å². The van der Waals surface area contributed by atoms with Crippen LogP contribution in [0, 0.1) is 5.82 Å². The first kappa shape index (κ1) is 24.8. The van der Waals surface area contributed by atoms with E-state index in [1.54, 1.807) is 0 Å². The summed E-state index contributed by atoms with van der Waals surface area (Å²) in [6.07, 6.45) is 0. The van der Waals surface area contributed by atoms with Crippen molar-refractivity contribution in [2.75, 3.05) is 25.0 Å². The Kier molecular flexibility index (Phi) is 7.37. The molecule has 5 rings (SSSR count). The van der Waals surface area contributed by atoms with Gasteiger partial charge in [0.15, 0.2) is 6.61 Å². The van der Waals surface area contributed by atoms with Gasteiger partial charge in [0, 0.05) is 43.1 Å². The van der Waals surface area contributed by atoms with Crippen molar-refractivity contribution >= 4 is 28.1 Å². The van der Waals surface area contributed by atoms with Crippen LogP contribution >= 0.6 is 0 Å². The summed E-state index contributed by atoms with van der Waals surface area (Å²) in [5.74, 6) is 0.420. The highest BCUT2D eigenvalue weighted by atomic mass is 19.1. The lowest BCUT2D eigenvalue weighted by molar-refractivity contribution is -0.139. The number of hydrogen-bond acceptors (Lipinski definition) is 4. The van der Waals surface area contributed by atoms with Crippen molar-refractivity contribution in [2.45, 2.75) is 32.5 Å². The van der Waals surface area contributed by atoms with Gasteiger partial charge in [-0.15, -0.1) is 0 Å². The SMILES string of the molecule is CC1CN(C(=O)COc2ccc(Nc3ccc4ccccc4c3)cc2)C(C)CN1Cc1ccc(F)cc1. The quantitative estimate of drug-likeness (QED) is 0.329. The van der Waals surface area contributed by atoms with Gasteiger partial charge < -0.3 is 15.0 Å². The van der Waals surface area contributed by atoms with E-state index in [1.807, 2.05) is 53.4 Å². The zero-order valence-electron chi connectivity index (χ0n) is 21.2. The average Bonchev–Trinajstić information content (AvgIpc) is 2.91. The van der Waals surface area contributed by atoms with Crippen LogP contribution in [0.1, 0.15) is 19.4 Å². The van der Waals surface area contributed by atoms with Gasteiger partial charge in [-0.2, -0.15) is 0 Å². The highest BCUT2D eigenvalue weighted by Crippen LogP contribution is 2.24. The third-order valence-corrected chi connectivity index (χ3v) is 6.99. The number of amides is 1. The van der Waals surface area contributed by atoms with Crippen LogP contribution < -0.4 is 10.1 Å². The summed E-state index contributed by atoms with van der Waals surface area (Å²) in [4.78, 5) is 17.2. The molecule has 4 aromatic rings. The molecule has 0 saturated carbocycles. The number of benzene rings is 4. The lowest BCUT2D eigenvalue weighted by Gasteiger charge is -2.44. The number of hydrogen-bond donors (Lipinski definition) is 1. The maximum atomic E-state index is 13.2. The second-order valence-corrected chi connectivity index (χ2v) is 9.80. The lowest BCUT2D eigenvalue weighted by atomic mass is 10.1. The number of ether oxygens (including phenoxy) is 1. The summed E-state index contributed by atoms with van der Waals surface area (Å²) in [5, 5.41) is 5.81. The highest BCUT2D eigenvalue weighted by molar-refractivity contribution is 5.86. The Balaban J connectivity index is 1.12. The fraction of sp³-hybridized carbons (Fsp3) is 0.258. The second kappa shape index (κ2) is 11.0. The molecular formula is C31H32FN3O2. The summed E-state index contributed by atoms with van der Waals surface area (Å²) < 4.78 is 19.1. The zero-order chi connectivity index (χ0) is 25.8. The minimum atomic E-state index is -0.226. The normalized spacial score (nSPS) is 18.1. The zero-order valence-corrected chi connectivity index (χ0v) is 21.2. The minimum absolute atomic E-state index is 0.00642. The van der Waals surface area contributed by atoms with Crippen LogP contribution in [0.2, 0.25) is 0 Å². The predicted octanol–water partition coefficient (Wildman–Crippen LogP) is 6.22. The molecule has 190 valence electrons. The molecule has 0 aliphatic carbocycles. The predicted molar refractivity (Wildman–Crippen MR) is 147 cm³/mol. The molecule has 1 aliphatic rings. The molecule has 1 saturated heterocycles. The molecule has 37 heavy (non-hydrogen) atoms. The summed E-state index contributed by atoms with van der Waals surface area (Å²) in [7, 11) is 0. The third kappa shape index (κ3) is 6.09. The van der Waals surface area contributed by atoms with Crippen LogP contribution in [0.25, 0.3) is 10.8 Å². The first-order chi connectivity index (χ1) is 17.9. The van der Waals surface area contributed by atoms with Gasteiger partial charge >= 0.3 is 0 Å². The van der Waals surface area contributed by atoms with Crippen LogP contribution in [-0.2, 0) is 11.3 Å². The first-order valence-electron chi connectivity index (χ1n) is 12.7. The fourth-order valence-electron chi connectivity index (χ4n) is 4.89. The van der Waals surface area contributed by atoms with Crippen LogP contribution in [0.15, 0.2) is 91.0 Å². The van der Waals surface area contributed by atoms with E-state index in [2.05, 4.69) is 54.4 Å². The Labute approximate surface area is 217 Å². The maximum absolute atomic E-state index is 13.2. The van der Waals surface area contributed by atoms with Crippen molar-refractivity contribution < 1.29 is 13.9 Å². The standard InChI is InChI=1S/C31H32FN3O2/c1-22-19-35(23(2)18-34(22)20-24-7-10-27(32)11-8-24)31(36)21-37-30-15-13-28(14-16-30)33-29-12-9-25-5-3-4-6-26(25)17-29/h3-17,22-23,33H,18-21H2,1-2H3. The summed E-state index contributed by atoms with van der Waals surface area (Å²) in [5.41, 5.74) is 3.04. The largest absolute Gasteiger partial charge is 0.484 e. The molecule has 1 aliphatic heterocycles. The molecule has 2 unspecified atom stereocenters. The Bertz CT molecular complexity index is 1360. The Morgan fingerprint density at radius 1 is 0.865 bits per heavy atom. The number of halogens is 1. The van der Waals surface area contributed by atoms with E-state index in [4.69, 9.17) is 4.74 Å². The monoisotopic (exact) mass is 497 g/mol. The molecule has 0 spiro atoms. The average molecular weight is 498 g/mol. The van der Waals surface area contributed by atoms with Crippen molar-refractivity contribution in [1.29, 1.82) is 0 Å². The molecule has 0 aromatic heterocycles. The van der Waals surface area contributed by atoms with Gasteiger partial charge in [-0.3, -0.25) is 9.69 Å². The Morgan fingerprint density at radius 3 is 2.32 bits per heavy atom.